The molecule has 7 nitrogen and oxygen atoms in total. The molecule has 1 aliphatic rings. The highest BCUT2D eigenvalue weighted by Crippen LogP contribution is 2.36. The molecule has 3 heterocycles. The van der Waals surface area contributed by atoms with Crippen molar-refractivity contribution in [2.75, 3.05) is 12.4 Å². The molecule has 1 aliphatic carbocycles. The van der Waals surface area contributed by atoms with E-state index in [0.29, 0.717) is 11.7 Å². The molecule has 8 heteroatoms. The van der Waals surface area contributed by atoms with E-state index < -0.39 is 12.1 Å². The summed E-state index contributed by atoms with van der Waals surface area (Å²) < 4.78 is 20.4. The fourth-order valence-electron chi connectivity index (χ4n) is 3.10. The topological polar surface area (TPSA) is 81.9 Å². The number of hydrogen-bond donors (Lipinski definition) is 1. The summed E-state index contributed by atoms with van der Waals surface area (Å²) in [6, 6.07) is 3.74. The highest BCUT2D eigenvalue weighted by atomic mass is 19.1. The molecule has 0 aromatic carbocycles. The SMILES string of the molecule is COc1ncnc(C)c1-c1cc2cc(NC(=O)C3C[C@@H]3F)ncc2n1C. The van der Waals surface area contributed by atoms with Crippen molar-refractivity contribution in [3.05, 3.63) is 30.4 Å². The molecule has 2 atom stereocenters. The Morgan fingerprint density at radius 3 is 2.81 bits per heavy atom. The van der Waals surface area contributed by atoms with Crippen LogP contribution in [0.1, 0.15) is 12.1 Å². The first-order valence-corrected chi connectivity index (χ1v) is 8.26. The first-order chi connectivity index (χ1) is 12.5. The van der Waals surface area contributed by atoms with Gasteiger partial charge < -0.3 is 14.6 Å². The van der Waals surface area contributed by atoms with Crippen LogP contribution in [0.5, 0.6) is 5.88 Å². The van der Waals surface area contributed by atoms with Crippen molar-refractivity contribution < 1.29 is 13.9 Å². The van der Waals surface area contributed by atoms with E-state index in [4.69, 9.17) is 4.74 Å². The molecule has 0 bridgehead atoms. The van der Waals surface area contributed by atoms with Crippen LogP contribution in [0.25, 0.3) is 22.2 Å². The minimum atomic E-state index is -1.03. The Labute approximate surface area is 149 Å². The van der Waals surface area contributed by atoms with Crippen LogP contribution in [0.4, 0.5) is 10.2 Å². The van der Waals surface area contributed by atoms with Crippen LogP contribution in [0, 0.1) is 12.8 Å². The summed E-state index contributed by atoms with van der Waals surface area (Å²) in [7, 11) is 3.49. The lowest BCUT2D eigenvalue weighted by Crippen LogP contribution is -2.15. The summed E-state index contributed by atoms with van der Waals surface area (Å²) in [5.74, 6) is 0.0287. The Bertz CT molecular complexity index is 1020. The maximum absolute atomic E-state index is 13.0. The number of aromatic nitrogens is 4. The van der Waals surface area contributed by atoms with Crippen molar-refractivity contribution in [3.63, 3.8) is 0 Å². The predicted octanol–water partition coefficient (Wildman–Crippen LogP) is 2.64. The average molecular weight is 355 g/mol. The third-order valence-corrected chi connectivity index (χ3v) is 4.68. The molecular weight excluding hydrogens is 337 g/mol. The van der Waals surface area contributed by atoms with Gasteiger partial charge in [0.25, 0.3) is 0 Å². The van der Waals surface area contributed by atoms with Gasteiger partial charge in [-0.2, -0.15) is 0 Å². The summed E-state index contributed by atoms with van der Waals surface area (Å²) >= 11 is 0. The van der Waals surface area contributed by atoms with Gasteiger partial charge in [0.15, 0.2) is 0 Å². The van der Waals surface area contributed by atoms with Crippen LogP contribution in [0.2, 0.25) is 0 Å². The number of carbonyl (C=O) groups is 1. The molecular formula is C18H18FN5O2. The van der Waals surface area contributed by atoms with E-state index >= 15 is 0 Å². The molecule has 1 N–H and O–H groups in total. The molecule has 1 unspecified atom stereocenters. The Morgan fingerprint density at radius 1 is 1.35 bits per heavy atom. The number of carbonyl (C=O) groups excluding carboxylic acids is 1. The summed E-state index contributed by atoms with van der Waals surface area (Å²) in [5, 5.41) is 3.57. The van der Waals surface area contributed by atoms with Gasteiger partial charge in [0.1, 0.15) is 18.3 Å². The first kappa shape index (κ1) is 16.4. The number of nitrogens with zero attached hydrogens (tertiary/aromatic N) is 4. The standard InChI is InChI=1S/C18H18FN5O2/c1-9-16(18(26-3)22-8-21-9)13-4-10-5-15(20-7-14(10)24(13)2)23-17(25)11-6-12(11)19/h4-5,7-8,11-12H,6H2,1-3H3,(H,20,23,25)/t11?,12-/m0/s1. The number of alkyl halides is 1. The molecule has 1 fully saturated rings. The molecule has 4 rings (SSSR count). The molecule has 134 valence electrons. The van der Waals surface area contributed by atoms with Crippen LogP contribution in [-0.4, -0.2) is 38.7 Å². The number of aryl methyl sites for hydroxylation is 2. The minimum Gasteiger partial charge on any atom is -0.480 e. The van der Waals surface area contributed by atoms with Gasteiger partial charge in [-0.1, -0.05) is 0 Å². The third kappa shape index (κ3) is 2.67. The highest BCUT2D eigenvalue weighted by Gasteiger charge is 2.43. The minimum absolute atomic E-state index is 0.288. The van der Waals surface area contributed by atoms with Gasteiger partial charge in [0.2, 0.25) is 11.8 Å². The highest BCUT2D eigenvalue weighted by molar-refractivity contribution is 5.96. The van der Waals surface area contributed by atoms with Gasteiger partial charge in [-0.15, -0.1) is 0 Å². The maximum atomic E-state index is 13.0. The van der Waals surface area contributed by atoms with Crippen molar-refractivity contribution >= 4 is 22.6 Å². The normalized spacial score (nSPS) is 18.8. The number of ether oxygens (including phenoxy) is 1. The quantitative estimate of drug-likeness (QED) is 0.778. The largest absolute Gasteiger partial charge is 0.480 e. The lowest BCUT2D eigenvalue weighted by atomic mass is 10.1. The predicted molar refractivity (Wildman–Crippen MR) is 94.7 cm³/mol. The van der Waals surface area contributed by atoms with E-state index in [1.807, 2.05) is 24.6 Å². The molecule has 1 saturated carbocycles. The summed E-state index contributed by atoms with van der Waals surface area (Å²) in [5.41, 5.74) is 3.37. The van der Waals surface area contributed by atoms with Gasteiger partial charge in [-0.05, 0) is 25.5 Å². The van der Waals surface area contributed by atoms with Gasteiger partial charge in [-0.25, -0.2) is 19.3 Å². The van der Waals surface area contributed by atoms with E-state index in [0.717, 1.165) is 27.9 Å². The molecule has 0 aliphatic heterocycles. The van der Waals surface area contributed by atoms with Crippen molar-refractivity contribution in [2.45, 2.75) is 19.5 Å². The summed E-state index contributed by atoms with van der Waals surface area (Å²) in [6.45, 7) is 1.89. The lowest BCUT2D eigenvalue weighted by molar-refractivity contribution is -0.117. The summed E-state index contributed by atoms with van der Waals surface area (Å²) in [6.07, 6.45) is 2.40. The van der Waals surface area contributed by atoms with Crippen molar-refractivity contribution in [2.24, 2.45) is 13.0 Å². The van der Waals surface area contributed by atoms with E-state index in [1.54, 1.807) is 19.4 Å². The lowest BCUT2D eigenvalue weighted by Gasteiger charge is -2.10. The smallest absolute Gasteiger partial charge is 0.231 e. The van der Waals surface area contributed by atoms with Crippen LogP contribution in [-0.2, 0) is 11.8 Å². The molecule has 0 radical (unpaired) electrons. The van der Waals surface area contributed by atoms with E-state index in [1.165, 1.54) is 6.33 Å². The van der Waals surface area contributed by atoms with Crippen molar-refractivity contribution in [3.8, 4) is 17.1 Å². The van der Waals surface area contributed by atoms with Crippen LogP contribution in [0.15, 0.2) is 24.7 Å². The second kappa shape index (κ2) is 6.05. The van der Waals surface area contributed by atoms with Gasteiger partial charge in [-0.3, -0.25) is 4.79 Å². The Kier molecular flexibility index (Phi) is 3.82. The zero-order chi connectivity index (χ0) is 18.4. The van der Waals surface area contributed by atoms with Gasteiger partial charge in [0.05, 0.1) is 41.7 Å². The monoisotopic (exact) mass is 355 g/mol. The maximum Gasteiger partial charge on any atom is 0.231 e. The molecule has 3 aromatic rings. The molecule has 26 heavy (non-hydrogen) atoms. The first-order valence-electron chi connectivity index (χ1n) is 8.26. The fraction of sp³-hybridized carbons (Fsp3) is 0.333. The number of nitrogens with one attached hydrogen (secondary N) is 1. The number of amides is 1. The van der Waals surface area contributed by atoms with Crippen LogP contribution < -0.4 is 10.1 Å². The Morgan fingerprint density at radius 2 is 2.12 bits per heavy atom. The van der Waals surface area contributed by atoms with E-state index in [-0.39, 0.29) is 12.3 Å². The zero-order valence-electron chi connectivity index (χ0n) is 14.7. The van der Waals surface area contributed by atoms with E-state index in [9.17, 15) is 9.18 Å². The second-order valence-electron chi connectivity index (χ2n) is 6.41. The second-order valence-corrected chi connectivity index (χ2v) is 6.41. The number of rotatable bonds is 4. The molecule has 1 amide bonds. The molecule has 0 spiro atoms. The number of methoxy groups -OCH3 is 1. The zero-order valence-corrected chi connectivity index (χ0v) is 14.7. The Hall–Kier alpha value is -3.03. The van der Waals surface area contributed by atoms with Crippen molar-refractivity contribution in [1.29, 1.82) is 0 Å². The van der Waals surface area contributed by atoms with Crippen LogP contribution in [0.3, 0.4) is 0 Å². The van der Waals surface area contributed by atoms with Crippen molar-refractivity contribution in [1.82, 2.24) is 19.5 Å². The average Bonchev–Trinajstić information content (AvgIpc) is 3.28. The van der Waals surface area contributed by atoms with Gasteiger partial charge >= 0.3 is 0 Å². The van der Waals surface area contributed by atoms with E-state index in [2.05, 4.69) is 20.3 Å². The Balaban J connectivity index is 1.74. The number of fused-ring (bicyclic) bond motifs is 1. The molecule has 0 saturated heterocycles. The summed E-state index contributed by atoms with van der Waals surface area (Å²) in [4.78, 5) is 24.6. The number of pyridine rings is 1. The molecule has 3 aromatic heterocycles. The van der Waals surface area contributed by atoms with Crippen LogP contribution >= 0.6 is 0 Å². The fourth-order valence-corrected chi connectivity index (χ4v) is 3.10. The third-order valence-electron chi connectivity index (χ3n) is 4.68. The van der Waals surface area contributed by atoms with Gasteiger partial charge in [0, 0.05) is 12.4 Å². The number of halogens is 1. The number of hydrogen-bond acceptors (Lipinski definition) is 5. The number of anilines is 1.